The summed E-state index contributed by atoms with van der Waals surface area (Å²) in [6.45, 7) is 6.20. The molecular formula is C25H25NO4S. The fraction of sp³-hybridized carbons (Fsp3) is 0.160. The fourth-order valence-corrected chi connectivity index (χ4v) is 3.96. The molecule has 0 aromatic heterocycles. The van der Waals surface area contributed by atoms with Gasteiger partial charge in [-0.25, -0.2) is 8.42 Å². The molecule has 0 heterocycles. The normalized spacial score (nSPS) is 12.1. The summed E-state index contributed by atoms with van der Waals surface area (Å²) in [6, 6.07) is 19.6. The van der Waals surface area contributed by atoms with E-state index >= 15 is 0 Å². The van der Waals surface area contributed by atoms with E-state index in [1.54, 1.807) is 66.7 Å². The molecule has 0 amide bonds. The molecular weight excluding hydrogens is 410 g/mol. The van der Waals surface area contributed by atoms with Crippen LogP contribution < -0.4 is 4.72 Å². The second-order valence-corrected chi connectivity index (χ2v) is 9.93. The quantitative estimate of drug-likeness (QED) is 0.402. The molecule has 2 N–H and O–H groups in total. The zero-order chi connectivity index (χ0) is 22.6. The predicted molar refractivity (Wildman–Crippen MR) is 124 cm³/mol. The number of nitrogens with one attached hydrogen (secondary N) is 1. The van der Waals surface area contributed by atoms with Crippen LogP contribution in [0, 0.1) is 0 Å². The lowest BCUT2D eigenvalue weighted by molar-refractivity contribution is 0.104. The number of anilines is 1. The van der Waals surface area contributed by atoms with E-state index in [2.05, 4.69) is 25.5 Å². The van der Waals surface area contributed by atoms with Crippen molar-refractivity contribution in [1.29, 1.82) is 0 Å². The summed E-state index contributed by atoms with van der Waals surface area (Å²) in [5, 5.41) is 9.30. The highest BCUT2D eigenvalue weighted by Gasteiger charge is 2.17. The van der Waals surface area contributed by atoms with E-state index in [9.17, 15) is 18.3 Å². The highest BCUT2D eigenvalue weighted by atomic mass is 32.2. The van der Waals surface area contributed by atoms with E-state index in [4.69, 9.17) is 0 Å². The Morgan fingerprint density at radius 3 is 2.00 bits per heavy atom. The number of hydrogen-bond donors (Lipinski definition) is 2. The summed E-state index contributed by atoms with van der Waals surface area (Å²) in [5.74, 6) is -0.0492. The number of phenols is 1. The smallest absolute Gasteiger partial charge is 0.261 e. The molecule has 0 atom stereocenters. The van der Waals surface area contributed by atoms with Crippen LogP contribution in [0.2, 0.25) is 0 Å². The highest BCUT2D eigenvalue weighted by molar-refractivity contribution is 7.92. The van der Waals surface area contributed by atoms with Crippen molar-refractivity contribution in [2.75, 3.05) is 4.72 Å². The highest BCUT2D eigenvalue weighted by Crippen LogP contribution is 2.24. The van der Waals surface area contributed by atoms with Gasteiger partial charge in [-0.2, -0.15) is 0 Å². The second kappa shape index (κ2) is 8.78. The summed E-state index contributed by atoms with van der Waals surface area (Å²) in [5.41, 5.74) is 2.59. The average molecular weight is 436 g/mol. The summed E-state index contributed by atoms with van der Waals surface area (Å²) in [7, 11) is -3.73. The van der Waals surface area contributed by atoms with Crippen LogP contribution in [0.4, 0.5) is 5.69 Å². The standard InChI is InChI=1S/C25H25NO4S/c1-25(2,3)20-9-15-23(16-10-20)31(29,30)26-21-11-7-19(8-12-21)24(28)17-6-18-4-13-22(27)14-5-18/h4-17,26-27H,1-3H3/b17-6+. The molecule has 3 aromatic carbocycles. The van der Waals surface area contributed by atoms with Crippen molar-refractivity contribution >= 4 is 27.6 Å². The van der Waals surface area contributed by atoms with Crippen LogP contribution in [0.25, 0.3) is 6.08 Å². The first kappa shape index (κ1) is 22.3. The van der Waals surface area contributed by atoms with Crippen LogP contribution in [0.1, 0.15) is 42.3 Å². The number of allylic oxidation sites excluding steroid dienone is 1. The van der Waals surface area contributed by atoms with Crippen molar-refractivity contribution in [2.45, 2.75) is 31.1 Å². The van der Waals surface area contributed by atoms with Gasteiger partial charge < -0.3 is 5.11 Å². The number of sulfonamides is 1. The van der Waals surface area contributed by atoms with Gasteiger partial charge >= 0.3 is 0 Å². The third-order valence-corrected chi connectivity index (χ3v) is 6.17. The topological polar surface area (TPSA) is 83.5 Å². The van der Waals surface area contributed by atoms with Gasteiger partial charge in [-0.15, -0.1) is 0 Å². The van der Waals surface area contributed by atoms with Crippen molar-refractivity contribution in [3.8, 4) is 5.75 Å². The predicted octanol–water partition coefficient (Wildman–Crippen LogP) is 5.39. The van der Waals surface area contributed by atoms with Gasteiger partial charge in [0, 0.05) is 11.3 Å². The summed E-state index contributed by atoms with van der Waals surface area (Å²) in [4.78, 5) is 12.5. The molecule has 3 rings (SSSR count). The van der Waals surface area contributed by atoms with E-state index in [0.717, 1.165) is 11.1 Å². The first-order valence-corrected chi connectivity index (χ1v) is 11.3. The molecule has 0 radical (unpaired) electrons. The molecule has 0 aliphatic heterocycles. The SMILES string of the molecule is CC(C)(C)c1ccc(S(=O)(=O)Nc2ccc(C(=O)/C=C/c3ccc(O)cc3)cc2)cc1. The number of hydrogen-bond acceptors (Lipinski definition) is 4. The Bertz CT molecular complexity index is 1190. The van der Waals surface area contributed by atoms with E-state index in [1.165, 1.54) is 6.08 Å². The molecule has 0 unspecified atom stereocenters. The van der Waals surface area contributed by atoms with E-state index in [0.29, 0.717) is 11.3 Å². The Balaban J connectivity index is 1.69. The molecule has 6 heteroatoms. The second-order valence-electron chi connectivity index (χ2n) is 8.25. The molecule has 31 heavy (non-hydrogen) atoms. The van der Waals surface area contributed by atoms with Crippen LogP contribution in [-0.2, 0) is 15.4 Å². The van der Waals surface area contributed by atoms with E-state index in [-0.39, 0.29) is 21.8 Å². The number of ketones is 1. The zero-order valence-electron chi connectivity index (χ0n) is 17.7. The number of carbonyl (C=O) groups excluding carboxylic acids is 1. The first-order valence-electron chi connectivity index (χ1n) is 9.79. The molecule has 0 aliphatic rings. The molecule has 0 saturated heterocycles. The Kier molecular flexibility index (Phi) is 6.32. The third kappa shape index (κ3) is 5.83. The minimum absolute atomic E-state index is 0.0607. The van der Waals surface area contributed by atoms with Crippen molar-refractivity contribution in [2.24, 2.45) is 0 Å². The number of carbonyl (C=O) groups is 1. The van der Waals surface area contributed by atoms with E-state index < -0.39 is 10.0 Å². The van der Waals surface area contributed by atoms with E-state index in [1.807, 2.05) is 12.1 Å². The largest absolute Gasteiger partial charge is 0.508 e. The zero-order valence-corrected chi connectivity index (χ0v) is 18.5. The van der Waals surface area contributed by atoms with Gasteiger partial charge in [-0.3, -0.25) is 9.52 Å². The van der Waals surface area contributed by atoms with Gasteiger partial charge in [0.15, 0.2) is 5.78 Å². The summed E-state index contributed by atoms with van der Waals surface area (Å²) < 4.78 is 27.9. The Labute approximate surface area is 183 Å². The molecule has 0 saturated carbocycles. The number of rotatable bonds is 6. The molecule has 160 valence electrons. The minimum Gasteiger partial charge on any atom is -0.508 e. The van der Waals surface area contributed by atoms with Crippen LogP contribution in [-0.4, -0.2) is 19.3 Å². The van der Waals surface area contributed by atoms with Crippen LogP contribution in [0.5, 0.6) is 5.75 Å². The number of phenolic OH excluding ortho intramolecular Hbond substituents is 1. The lowest BCUT2D eigenvalue weighted by Crippen LogP contribution is -2.15. The van der Waals surface area contributed by atoms with Crippen LogP contribution in [0.15, 0.2) is 83.8 Å². The monoisotopic (exact) mass is 435 g/mol. The lowest BCUT2D eigenvalue weighted by atomic mass is 9.87. The van der Waals surface area contributed by atoms with Crippen molar-refractivity contribution in [3.63, 3.8) is 0 Å². The van der Waals surface area contributed by atoms with Gasteiger partial charge in [0.2, 0.25) is 0 Å². The Morgan fingerprint density at radius 1 is 0.871 bits per heavy atom. The average Bonchev–Trinajstić information content (AvgIpc) is 2.73. The number of aromatic hydroxyl groups is 1. The van der Waals surface area contributed by atoms with Gasteiger partial charge in [-0.05, 0) is 71.1 Å². The van der Waals surface area contributed by atoms with Gasteiger partial charge in [0.25, 0.3) is 10.0 Å². The lowest BCUT2D eigenvalue weighted by Gasteiger charge is -2.19. The summed E-state index contributed by atoms with van der Waals surface area (Å²) in [6.07, 6.45) is 3.09. The Hall–Kier alpha value is -3.38. The van der Waals surface area contributed by atoms with Gasteiger partial charge in [0.1, 0.15) is 5.75 Å². The molecule has 0 aliphatic carbocycles. The summed E-state index contributed by atoms with van der Waals surface area (Å²) >= 11 is 0. The maximum absolute atomic E-state index is 12.7. The molecule has 0 spiro atoms. The number of benzene rings is 3. The molecule has 0 bridgehead atoms. The molecule has 3 aromatic rings. The maximum atomic E-state index is 12.7. The van der Waals surface area contributed by atoms with Gasteiger partial charge in [0.05, 0.1) is 4.90 Å². The van der Waals surface area contributed by atoms with Crippen molar-refractivity contribution < 1.29 is 18.3 Å². The molecule has 0 fully saturated rings. The van der Waals surface area contributed by atoms with Crippen molar-refractivity contribution in [1.82, 2.24) is 0 Å². The van der Waals surface area contributed by atoms with Crippen LogP contribution in [0.3, 0.4) is 0 Å². The maximum Gasteiger partial charge on any atom is 0.261 e. The first-order chi connectivity index (χ1) is 14.5. The minimum atomic E-state index is -3.73. The third-order valence-electron chi connectivity index (χ3n) is 4.77. The van der Waals surface area contributed by atoms with Crippen molar-refractivity contribution in [3.05, 3.63) is 95.6 Å². The Morgan fingerprint density at radius 2 is 1.45 bits per heavy atom. The fourth-order valence-electron chi connectivity index (χ4n) is 2.90. The van der Waals surface area contributed by atoms with Gasteiger partial charge in [-0.1, -0.05) is 51.1 Å². The van der Waals surface area contributed by atoms with Crippen LogP contribution >= 0.6 is 0 Å². The molecule has 5 nitrogen and oxygen atoms in total.